The molecule has 6 nitrogen and oxygen atoms in total. The average molecular weight is 301 g/mol. The molecule has 0 unspecified atom stereocenters. The van der Waals surface area contributed by atoms with Crippen molar-refractivity contribution in [2.75, 3.05) is 0 Å². The minimum Gasteiger partial charge on any atom is -0.506 e. The molecule has 6 heteroatoms. The topological polar surface area (TPSA) is 84.2 Å². The van der Waals surface area contributed by atoms with E-state index in [1.165, 1.54) is 22.9 Å². The first-order valence-electron chi connectivity index (χ1n) is 7.09. The van der Waals surface area contributed by atoms with Gasteiger partial charge in [0.05, 0.1) is 6.54 Å². The molecule has 1 amide bonds. The van der Waals surface area contributed by atoms with Crippen molar-refractivity contribution in [1.29, 1.82) is 0 Å². The van der Waals surface area contributed by atoms with E-state index in [4.69, 9.17) is 0 Å². The van der Waals surface area contributed by atoms with Crippen LogP contribution in [0.5, 0.6) is 5.75 Å². The second-order valence-corrected chi connectivity index (χ2v) is 5.43. The summed E-state index contributed by atoms with van der Waals surface area (Å²) in [5.41, 5.74) is 0.117. The van der Waals surface area contributed by atoms with Crippen LogP contribution in [0.4, 0.5) is 0 Å². The molecule has 0 radical (unpaired) electrons. The SMILES string of the molecule is CC(C)Cn1cccc(C(=O)NCc2ncccc2O)c1=O. The van der Waals surface area contributed by atoms with E-state index in [0.29, 0.717) is 18.2 Å². The second kappa shape index (κ2) is 6.89. The molecular weight excluding hydrogens is 282 g/mol. The van der Waals surface area contributed by atoms with Crippen LogP contribution < -0.4 is 10.9 Å². The van der Waals surface area contributed by atoms with Gasteiger partial charge in [0, 0.05) is 18.9 Å². The summed E-state index contributed by atoms with van der Waals surface area (Å²) < 4.78 is 1.53. The normalized spacial score (nSPS) is 10.7. The second-order valence-electron chi connectivity index (χ2n) is 5.43. The highest BCUT2D eigenvalue weighted by atomic mass is 16.3. The molecular formula is C16H19N3O3. The molecule has 0 aliphatic carbocycles. The lowest BCUT2D eigenvalue weighted by Crippen LogP contribution is -2.33. The third-order valence-electron chi connectivity index (χ3n) is 3.11. The Balaban J connectivity index is 2.13. The Morgan fingerprint density at radius 2 is 2.14 bits per heavy atom. The zero-order valence-electron chi connectivity index (χ0n) is 12.6. The number of amides is 1. The van der Waals surface area contributed by atoms with Crippen LogP contribution in [0, 0.1) is 5.92 Å². The number of nitrogens with one attached hydrogen (secondary N) is 1. The Morgan fingerprint density at radius 3 is 2.82 bits per heavy atom. The van der Waals surface area contributed by atoms with Crippen molar-refractivity contribution in [1.82, 2.24) is 14.9 Å². The van der Waals surface area contributed by atoms with Gasteiger partial charge in [-0.15, -0.1) is 0 Å². The number of carbonyl (C=O) groups is 1. The zero-order valence-corrected chi connectivity index (χ0v) is 12.6. The van der Waals surface area contributed by atoms with Gasteiger partial charge in [-0.1, -0.05) is 13.8 Å². The number of pyridine rings is 2. The molecule has 2 aromatic heterocycles. The number of hydrogen-bond acceptors (Lipinski definition) is 4. The van der Waals surface area contributed by atoms with E-state index in [1.54, 1.807) is 18.3 Å². The molecule has 2 rings (SSSR count). The lowest BCUT2D eigenvalue weighted by atomic mass is 10.2. The summed E-state index contributed by atoms with van der Waals surface area (Å²) in [5.74, 6) is -0.164. The number of aromatic hydroxyl groups is 1. The van der Waals surface area contributed by atoms with Crippen LogP contribution in [0.3, 0.4) is 0 Å². The summed E-state index contributed by atoms with van der Waals surface area (Å²) >= 11 is 0. The third-order valence-corrected chi connectivity index (χ3v) is 3.11. The fraction of sp³-hybridized carbons (Fsp3) is 0.312. The highest BCUT2D eigenvalue weighted by Crippen LogP contribution is 2.11. The molecule has 22 heavy (non-hydrogen) atoms. The molecule has 0 saturated heterocycles. The van der Waals surface area contributed by atoms with Gasteiger partial charge in [-0.05, 0) is 30.2 Å². The summed E-state index contributed by atoms with van der Waals surface area (Å²) in [4.78, 5) is 28.4. The standard InChI is InChI=1S/C16H19N3O3/c1-11(2)10-19-8-4-5-12(16(19)22)15(21)18-9-13-14(20)6-3-7-17-13/h3-8,11,20H,9-10H2,1-2H3,(H,18,21). The van der Waals surface area contributed by atoms with Gasteiger partial charge >= 0.3 is 0 Å². The van der Waals surface area contributed by atoms with Crippen molar-refractivity contribution >= 4 is 5.91 Å². The lowest BCUT2D eigenvalue weighted by Gasteiger charge is -2.10. The van der Waals surface area contributed by atoms with Gasteiger partial charge in [-0.2, -0.15) is 0 Å². The van der Waals surface area contributed by atoms with Gasteiger partial charge in [0.1, 0.15) is 17.0 Å². The lowest BCUT2D eigenvalue weighted by molar-refractivity contribution is 0.0948. The van der Waals surface area contributed by atoms with E-state index < -0.39 is 5.91 Å². The molecule has 0 bridgehead atoms. The van der Waals surface area contributed by atoms with E-state index in [-0.39, 0.29) is 23.4 Å². The van der Waals surface area contributed by atoms with Crippen LogP contribution in [0.1, 0.15) is 29.9 Å². The molecule has 116 valence electrons. The van der Waals surface area contributed by atoms with Gasteiger partial charge in [0.15, 0.2) is 0 Å². The summed E-state index contributed by atoms with van der Waals surface area (Å²) in [7, 11) is 0. The van der Waals surface area contributed by atoms with Crippen LogP contribution in [-0.2, 0) is 13.1 Å². The Labute approximate surface area is 128 Å². The van der Waals surface area contributed by atoms with E-state index in [9.17, 15) is 14.7 Å². The fourth-order valence-corrected chi connectivity index (χ4v) is 2.07. The quantitative estimate of drug-likeness (QED) is 0.877. The van der Waals surface area contributed by atoms with E-state index in [1.807, 2.05) is 13.8 Å². The minimum absolute atomic E-state index is 0.00748. The first-order valence-corrected chi connectivity index (χ1v) is 7.09. The molecule has 0 saturated carbocycles. The van der Waals surface area contributed by atoms with Gasteiger partial charge in [-0.25, -0.2) is 0 Å². The molecule has 0 atom stereocenters. The van der Waals surface area contributed by atoms with Crippen LogP contribution in [0.25, 0.3) is 0 Å². The van der Waals surface area contributed by atoms with Crippen molar-refractivity contribution < 1.29 is 9.90 Å². The van der Waals surface area contributed by atoms with Crippen molar-refractivity contribution in [2.24, 2.45) is 5.92 Å². The highest BCUT2D eigenvalue weighted by Gasteiger charge is 2.13. The molecule has 2 heterocycles. The fourth-order valence-electron chi connectivity index (χ4n) is 2.07. The van der Waals surface area contributed by atoms with Crippen molar-refractivity contribution in [3.05, 3.63) is 58.3 Å². The molecule has 2 aromatic rings. The minimum atomic E-state index is -0.479. The van der Waals surface area contributed by atoms with E-state index >= 15 is 0 Å². The van der Waals surface area contributed by atoms with E-state index in [2.05, 4.69) is 10.3 Å². The molecule has 0 aliphatic rings. The number of nitrogens with zero attached hydrogens (tertiary/aromatic N) is 2. The van der Waals surface area contributed by atoms with Crippen molar-refractivity contribution in [3.63, 3.8) is 0 Å². The Hall–Kier alpha value is -2.63. The van der Waals surface area contributed by atoms with Crippen LogP contribution in [0.15, 0.2) is 41.5 Å². The van der Waals surface area contributed by atoms with Gasteiger partial charge in [-0.3, -0.25) is 14.6 Å². The first kappa shape index (κ1) is 15.8. The van der Waals surface area contributed by atoms with Crippen LogP contribution in [0.2, 0.25) is 0 Å². The largest absolute Gasteiger partial charge is 0.506 e. The summed E-state index contributed by atoms with van der Waals surface area (Å²) in [6.45, 7) is 4.62. The predicted octanol–water partition coefficient (Wildman–Crippen LogP) is 1.53. The molecule has 0 spiro atoms. The Morgan fingerprint density at radius 1 is 1.36 bits per heavy atom. The molecule has 0 aliphatic heterocycles. The monoisotopic (exact) mass is 301 g/mol. The average Bonchev–Trinajstić information content (AvgIpc) is 2.48. The maximum atomic E-state index is 12.3. The maximum absolute atomic E-state index is 12.3. The maximum Gasteiger partial charge on any atom is 0.263 e. The number of aromatic nitrogens is 2. The smallest absolute Gasteiger partial charge is 0.263 e. The van der Waals surface area contributed by atoms with Crippen molar-refractivity contribution in [2.45, 2.75) is 26.9 Å². The molecule has 0 aromatic carbocycles. The number of hydrogen-bond donors (Lipinski definition) is 2. The summed E-state index contributed by atoms with van der Waals surface area (Å²) in [5, 5.41) is 12.2. The number of rotatable bonds is 5. The predicted molar refractivity (Wildman–Crippen MR) is 82.6 cm³/mol. The van der Waals surface area contributed by atoms with Crippen LogP contribution in [-0.4, -0.2) is 20.6 Å². The zero-order chi connectivity index (χ0) is 16.1. The van der Waals surface area contributed by atoms with Gasteiger partial charge in [0.25, 0.3) is 11.5 Å². The third kappa shape index (κ3) is 3.72. The summed E-state index contributed by atoms with van der Waals surface area (Å²) in [6.07, 6.45) is 3.20. The Kier molecular flexibility index (Phi) is 4.93. The molecule has 0 fully saturated rings. The van der Waals surface area contributed by atoms with E-state index in [0.717, 1.165) is 0 Å². The first-order chi connectivity index (χ1) is 10.5. The Bertz CT molecular complexity index is 723. The van der Waals surface area contributed by atoms with Crippen molar-refractivity contribution in [3.8, 4) is 5.75 Å². The summed E-state index contributed by atoms with van der Waals surface area (Å²) in [6, 6.07) is 6.26. The highest BCUT2D eigenvalue weighted by molar-refractivity contribution is 5.93. The molecule has 2 N–H and O–H groups in total. The number of carbonyl (C=O) groups excluding carboxylic acids is 1. The van der Waals surface area contributed by atoms with Gasteiger partial charge < -0.3 is 15.0 Å². The van der Waals surface area contributed by atoms with Gasteiger partial charge in [0.2, 0.25) is 0 Å². The van der Waals surface area contributed by atoms with Crippen LogP contribution >= 0.6 is 0 Å².